The molecule has 1 aromatic carbocycles. The summed E-state index contributed by atoms with van der Waals surface area (Å²) in [5.41, 5.74) is 1.91. The molecule has 1 fully saturated rings. The first kappa shape index (κ1) is 18.9. The number of nitrogens with one attached hydrogen (secondary N) is 1. The van der Waals surface area contributed by atoms with Crippen LogP contribution in [0.2, 0.25) is 0 Å². The average molecular weight is 367 g/mol. The van der Waals surface area contributed by atoms with Gasteiger partial charge < -0.3 is 15.0 Å². The molecule has 0 aliphatic carbocycles. The number of nitrogens with zero attached hydrogens (tertiary/aromatic N) is 2. The second kappa shape index (κ2) is 9.16. The van der Waals surface area contributed by atoms with Gasteiger partial charge in [0.25, 0.3) is 0 Å². The number of likely N-dealkylation sites (tertiary alicyclic amines) is 1. The van der Waals surface area contributed by atoms with Crippen molar-refractivity contribution >= 4 is 11.8 Å². The lowest BCUT2D eigenvalue weighted by Crippen LogP contribution is -2.32. The Bertz CT molecular complexity index is 779. The number of carbonyl (C=O) groups excluding carboxylic acids is 2. The molecule has 1 aliphatic heterocycles. The molecule has 27 heavy (non-hydrogen) atoms. The van der Waals surface area contributed by atoms with Gasteiger partial charge in [-0.3, -0.25) is 9.59 Å². The van der Waals surface area contributed by atoms with Gasteiger partial charge in [-0.05, 0) is 18.1 Å². The van der Waals surface area contributed by atoms with Crippen LogP contribution >= 0.6 is 0 Å². The molecule has 3 rings (SSSR count). The molecular formula is C21H25N3O3. The Morgan fingerprint density at radius 2 is 2.07 bits per heavy atom. The van der Waals surface area contributed by atoms with Crippen LogP contribution in [-0.2, 0) is 22.7 Å². The summed E-state index contributed by atoms with van der Waals surface area (Å²) in [5, 5.41) is 2.92. The highest BCUT2D eigenvalue weighted by molar-refractivity contribution is 5.89. The van der Waals surface area contributed by atoms with Crippen molar-refractivity contribution in [2.75, 3.05) is 13.2 Å². The summed E-state index contributed by atoms with van der Waals surface area (Å²) in [6.07, 6.45) is 2.82. The fraction of sp³-hybridized carbons (Fsp3) is 0.381. The zero-order chi connectivity index (χ0) is 19.1. The molecule has 1 atom stereocenters. The van der Waals surface area contributed by atoms with Crippen molar-refractivity contribution < 1.29 is 14.3 Å². The summed E-state index contributed by atoms with van der Waals surface area (Å²) in [4.78, 5) is 30.8. The van der Waals surface area contributed by atoms with E-state index in [9.17, 15) is 9.59 Å². The van der Waals surface area contributed by atoms with Crippen molar-refractivity contribution in [2.24, 2.45) is 5.92 Å². The van der Waals surface area contributed by atoms with Gasteiger partial charge in [0.05, 0.1) is 12.5 Å². The third-order valence-corrected chi connectivity index (χ3v) is 4.55. The smallest absolute Gasteiger partial charge is 0.225 e. The van der Waals surface area contributed by atoms with E-state index in [0.717, 1.165) is 17.5 Å². The van der Waals surface area contributed by atoms with Gasteiger partial charge in [0.15, 0.2) is 0 Å². The number of carbonyl (C=O) groups is 2. The zero-order valence-electron chi connectivity index (χ0n) is 15.6. The highest BCUT2D eigenvalue weighted by Gasteiger charge is 2.34. The third kappa shape index (κ3) is 5.06. The molecule has 0 radical (unpaired) electrons. The second-order valence-corrected chi connectivity index (χ2v) is 6.69. The SMILES string of the molecule is CCCOc1ncccc1CNC(=O)C1CC(=O)N(Cc2ccccc2)C1. The number of hydrogen-bond donors (Lipinski definition) is 1. The Balaban J connectivity index is 1.54. The maximum absolute atomic E-state index is 12.5. The van der Waals surface area contributed by atoms with Crippen molar-refractivity contribution in [3.8, 4) is 5.88 Å². The fourth-order valence-electron chi connectivity index (χ4n) is 3.12. The standard InChI is InChI=1S/C21H25N3O3/c1-2-11-27-21-17(9-6-10-22-21)13-23-20(26)18-12-19(25)24(15-18)14-16-7-4-3-5-8-16/h3-10,18H,2,11-15H2,1H3,(H,23,26). The van der Waals surface area contributed by atoms with Gasteiger partial charge in [0.1, 0.15) is 0 Å². The summed E-state index contributed by atoms with van der Waals surface area (Å²) in [6.45, 7) is 3.95. The maximum atomic E-state index is 12.5. The van der Waals surface area contributed by atoms with Crippen LogP contribution in [0.1, 0.15) is 30.9 Å². The van der Waals surface area contributed by atoms with Gasteiger partial charge >= 0.3 is 0 Å². The Hall–Kier alpha value is -2.89. The van der Waals surface area contributed by atoms with Crippen molar-refractivity contribution in [2.45, 2.75) is 32.9 Å². The van der Waals surface area contributed by atoms with E-state index < -0.39 is 0 Å². The van der Waals surface area contributed by atoms with E-state index >= 15 is 0 Å². The number of rotatable bonds is 8. The van der Waals surface area contributed by atoms with Gasteiger partial charge in [-0.2, -0.15) is 0 Å². The number of ether oxygens (including phenoxy) is 1. The molecule has 0 saturated carbocycles. The number of benzene rings is 1. The molecule has 1 N–H and O–H groups in total. The minimum atomic E-state index is -0.321. The monoisotopic (exact) mass is 367 g/mol. The molecule has 1 saturated heterocycles. The average Bonchev–Trinajstić information content (AvgIpc) is 3.06. The van der Waals surface area contributed by atoms with Crippen LogP contribution in [0, 0.1) is 5.92 Å². The summed E-state index contributed by atoms with van der Waals surface area (Å²) >= 11 is 0. The molecule has 1 aliphatic rings. The van der Waals surface area contributed by atoms with Gasteiger partial charge in [-0.15, -0.1) is 0 Å². The van der Waals surface area contributed by atoms with Crippen molar-refractivity contribution in [1.29, 1.82) is 0 Å². The molecule has 2 amide bonds. The number of hydrogen-bond acceptors (Lipinski definition) is 4. The predicted octanol–water partition coefficient (Wildman–Crippen LogP) is 2.54. The van der Waals surface area contributed by atoms with Crippen LogP contribution in [0.3, 0.4) is 0 Å². The molecular weight excluding hydrogens is 342 g/mol. The number of pyridine rings is 1. The highest BCUT2D eigenvalue weighted by atomic mass is 16.5. The van der Waals surface area contributed by atoms with Crippen LogP contribution in [0.15, 0.2) is 48.7 Å². The number of aromatic nitrogens is 1. The summed E-state index contributed by atoms with van der Waals surface area (Å²) in [7, 11) is 0. The van der Waals surface area contributed by atoms with E-state index in [1.807, 2.05) is 49.4 Å². The Morgan fingerprint density at radius 3 is 2.85 bits per heavy atom. The zero-order valence-corrected chi connectivity index (χ0v) is 15.6. The lowest BCUT2D eigenvalue weighted by Gasteiger charge is -2.17. The van der Waals surface area contributed by atoms with Gasteiger partial charge in [-0.1, -0.05) is 43.3 Å². The molecule has 142 valence electrons. The Labute approximate surface area is 159 Å². The molecule has 6 nitrogen and oxygen atoms in total. The van der Waals surface area contributed by atoms with Crippen molar-refractivity contribution in [1.82, 2.24) is 15.2 Å². The van der Waals surface area contributed by atoms with Crippen LogP contribution in [-0.4, -0.2) is 34.8 Å². The van der Waals surface area contributed by atoms with E-state index in [1.54, 1.807) is 11.1 Å². The Kier molecular flexibility index (Phi) is 6.41. The topological polar surface area (TPSA) is 71.5 Å². The van der Waals surface area contributed by atoms with Crippen LogP contribution < -0.4 is 10.1 Å². The predicted molar refractivity (Wildman–Crippen MR) is 102 cm³/mol. The lowest BCUT2D eigenvalue weighted by molar-refractivity contribution is -0.129. The minimum absolute atomic E-state index is 0.0207. The van der Waals surface area contributed by atoms with Crippen molar-refractivity contribution in [3.05, 3.63) is 59.8 Å². The summed E-state index contributed by atoms with van der Waals surface area (Å²) in [5.74, 6) is 0.141. The molecule has 1 aromatic heterocycles. The molecule has 2 aromatic rings. The largest absolute Gasteiger partial charge is 0.477 e. The molecule has 6 heteroatoms. The van der Waals surface area contributed by atoms with Crippen LogP contribution in [0.25, 0.3) is 0 Å². The molecule has 2 heterocycles. The lowest BCUT2D eigenvalue weighted by atomic mass is 10.1. The molecule has 0 spiro atoms. The van der Waals surface area contributed by atoms with E-state index in [0.29, 0.717) is 32.1 Å². The normalized spacial score (nSPS) is 16.4. The van der Waals surface area contributed by atoms with E-state index in [4.69, 9.17) is 4.74 Å². The first-order valence-electron chi connectivity index (χ1n) is 9.33. The molecule has 0 bridgehead atoms. The van der Waals surface area contributed by atoms with Gasteiger partial charge in [0.2, 0.25) is 17.7 Å². The summed E-state index contributed by atoms with van der Waals surface area (Å²) < 4.78 is 5.62. The van der Waals surface area contributed by atoms with Gasteiger partial charge in [-0.25, -0.2) is 4.98 Å². The minimum Gasteiger partial charge on any atom is -0.477 e. The fourth-order valence-corrected chi connectivity index (χ4v) is 3.12. The Morgan fingerprint density at radius 1 is 1.26 bits per heavy atom. The van der Waals surface area contributed by atoms with Crippen molar-refractivity contribution in [3.63, 3.8) is 0 Å². The quantitative estimate of drug-likeness (QED) is 0.778. The maximum Gasteiger partial charge on any atom is 0.225 e. The highest BCUT2D eigenvalue weighted by Crippen LogP contribution is 2.21. The van der Waals surface area contributed by atoms with Gasteiger partial charge in [0, 0.05) is 37.8 Å². The first-order chi connectivity index (χ1) is 13.2. The van der Waals surface area contributed by atoms with Crippen LogP contribution in [0.4, 0.5) is 0 Å². The first-order valence-corrected chi connectivity index (χ1v) is 9.33. The second-order valence-electron chi connectivity index (χ2n) is 6.69. The van der Waals surface area contributed by atoms with E-state index in [1.165, 1.54) is 0 Å². The molecule has 1 unspecified atom stereocenters. The van der Waals surface area contributed by atoms with E-state index in [2.05, 4.69) is 10.3 Å². The van der Waals surface area contributed by atoms with Crippen LogP contribution in [0.5, 0.6) is 5.88 Å². The van der Waals surface area contributed by atoms with E-state index in [-0.39, 0.29) is 24.2 Å². The number of amides is 2. The third-order valence-electron chi connectivity index (χ3n) is 4.55. The summed E-state index contributed by atoms with van der Waals surface area (Å²) in [6, 6.07) is 13.5.